The quantitative estimate of drug-likeness (QED) is 0.199. The molecule has 0 atom stereocenters. The molecule has 0 bridgehead atoms. The van der Waals surface area contributed by atoms with Crippen molar-refractivity contribution < 1.29 is 0 Å². The number of hydrogen-bond donors (Lipinski definition) is 0. The summed E-state index contributed by atoms with van der Waals surface area (Å²) in [7, 11) is 0. The summed E-state index contributed by atoms with van der Waals surface area (Å²) < 4.78 is 0. The molecule has 0 aromatic heterocycles. The van der Waals surface area contributed by atoms with Crippen molar-refractivity contribution in [3.8, 4) is 55.6 Å². The van der Waals surface area contributed by atoms with Crippen LogP contribution in [0, 0.1) is 0 Å². The van der Waals surface area contributed by atoms with Gasteiger partial charge in [0.1, 0.15) is 0 Å². The van der Waals surface area contributed by atoms with Crippen LogP contribution in [0.2, 0.25) is 0 Å². The van der Waals surface area contributed by atoms with Gasteiger partial charge in [-0.3, -0.25) is 0 Å². The van der Waals surface area contributed by atoms with Crippen molar-refractivity contribution in [1.82, 2.24) is 0 Å². The Morgan fingerprint density at radius 1 is 0.262 bits per heavy atom. The van der Waals surface area contributed by atoms with Crippen LogP contribution >= 0.6 is 0 Å². The summed E-state index contributed by atoms with van der Waals surface area (Å²) in [6.45, 7) is 0. The highest BCUT2D eigenvalue weighted by Gasteiger charge is 2.31. The summed E-state index contributed by atoms with van der Waals surface area (Å²) in [5, 5.41) is 7.78. The molecule has 8 aromatic carbocycles. The Morgan fingerprint density at radius 3 is 1.36 bits per heavy atom. The van der Waals surface area contributed by atoms with E-state index in [9.17, 15) is 0 Å². The second-order valence-corrected chi connectivity index (χ2v) is 11.2. The number of hydrogen-bond acceptors (Lipinski definition) is 0. The second kappa shape index (κ2) is 9.03. The van der Waals surface area contributed by atoms with Crippen LogP contribution in [-0.4, -0.2) is 0 Å². The summed E-state index contributed by atoms with van der Waals surface area (Å²) in [6, 6.07) is 57.9. The van der Waals surface area contributed by atoms with Gasteiger partial charge < -0.3 is 0 Å². The highest BCUT2D eigenvalue weighted by Crippen LogP contribution is 2.59. The third-order valence-electron chi connectivity index (χ3n) is 8.95. The third kappa shape index (κ3) is 3.24. The zero-order valence-electron chi connectivity index (χ0n) is 23.0. The van der Waals surface area contributed by atoms with Gasteiger partial charge in [-0.15, -0.1) is 0 Å². The maximum atomic E-state index is 2.44. The molecule has 0 aliphatic heterocycles. The molecule has 9 rings (SSSR count). The highest BCUT2D eigenvalue weighted by atomic mass is 14.3. The van der Waals surface area contributed by atoms with Crippen molar-refractivity contribution in [1.29, 1.82) is 0 Å². The molecule has 0 saturated heterocycles. The predicted molar refractivity (Wildman–Crippen MR) is 180 cm³/mol. The molecule has 194 valence electrons. The van der Waals surface area contributed by atoms with Crippen LogP contribution in [-0.2, 0) is 0 Å². The summed E-state index contributed by atoms with van der Waals surface area (Å²) in [6.07, 6.45) is 0. The van der Waals surface area contributed by atoms with Crippen LogP contribution in [0.25, 0.3) is 88.0 Å². The molecular formula is C42H26. The van der Waals surface area contributed by atoms with E-state index in [1.165, 1.54) is 88.0 Å². The maximum Gasteiger partial charge on any atom is -0.000719 e. The summed E-state index contributed by atoms with van der Waals surface area (Å²) in [5.41, 5.74) is 13.0. The molecule has 0 saturated carbocycles. The Labute approximate surface area is 245 Å². The van der Waals surface area contributed by atoms with E-state index in [0.717, 1.165) is 0 Å². The third-order valence-corrected chi connectivity index (χ3v) is 8.95. The van der Waals surface area contributed by atoms with E-state index in [1.807, 2.05) is 0 Å². The molecule has 0 fully saturated rings. The van der Waals surface area contributed by atoms with Gasteiger partial charge in [-0.1, -0.05) is 152 Å². The molecule has 0 heterocycles. The van der Waals surface area contributed by atoms with Crippen molar-refractivity contribution in [3.05, 3.63) is 158 Å². The SMILES string of the molecule is c1ccc(-c2c3c(c(-c4ccccc4)c4c(-c5ccccc5)c5ccccc5cc24)-c2cccc4cccc-3c24)cc1. The zero-order chi connectivity index (χ0) is 27.6. The summed E-state index contributed by atoms with van der Waals surface area (Å²) >= 11 is 0. The topological polar surface area (TPSA) is 0 Å². The Balaban J connectivity index is 1.63. The number of rotatable bonds is 3. The molecule has 0 N–H and O–H groups in total. The van der Waals surface area contributed by atoms with Crippen molar-refractivity contribution in [2.75, 3.05) is 0 Å². The fraction of sp³-hybridized carbons (Fsp3) is 0. The van der Waals surface area contributed by atoms with Crippen molar-refractivity contribution in [3.63, 3.8) is 0 Å². The van der Waals surface area contributed by atoms with E-state index < -0.39 is 0 Å². The minimum Gasteiger partial charge on any atom is -0.0622 e. The van der Waals surface area contributed by atoms with E-state index in [2.05, 4.69) is 158 Å². The van der Waals surface area contributed by atoms with Crippen LogP contribution in [0.1, 0.15) is 0 Å². The van der Waals surface area contributed by atoms with Gasteiger partial charge in [0.2, 0.25) is 0 Å². The lowest BCUT2D eigenvalue weighted by Gasteiger charge is -2.24. The van der Waals surface area contributed by atoms with Gasteiger partial charge in [0.15, 0.2) is 0 Å². The monoisotopic (exact) mass is 530 g/mol. The average Bonchev–Trinajstić information content (AvgIpc) is 3.39. The lowest BCUT2D eigenvalue weighted by molar-refractivity contribution is 1.62. The first-order valence-corrected chi connectivity index (χ1v) is 14.6. The van der Waals surface area contributed by atoms with Gasteiger partial charge in [-0.25, -0.2) is 0 Å². The van der Waals surface area contributed by atoms with Crippen LogP contribution < -0.4 is 0 Å². The van der Waals surface area contributed by atoms with Crippen LogP contribution in [0.15, 0.2) is 158 Å². The Bertz CT molecular complexity index is 2310. The van der Waals surface area contributed by atoms with E-state index in [-0.39, 0.29) is 0 Å². The Morgan fingerprint density at radius 2 is 0.738 bits per heavy atom. The lowest BCUT2D eigenvalue weighted by atomic mass is 9.79. The van der Waals surface area contributed by atoms with Crippen LogP contribution in [0.5, 0.6) is 0 Å². The average molecular weight is 531 g/mol. The van der Waals surface area contributed by atoms with Crippen molar-refractivity contribution >= 4 is 32.3 Å². The minimum atomic E-state index is 1.24. The predicted octanol–water partition coefficient (Wildman–Crippen LogP) is 11.8. The van der Waals surface area contributed by atoms with E-state index in [1.54, 1.807) is 0 Å². The molecule has 0 heteroatoms. The molecular weight excluding hydrogens is 504 g/mol. The van der Waals surface area contributed by atoms with Gasteiger partial charge in [0.05, 0.1) is 0 Å². The lowest BCUT2D eigenvalue weighted by Crippen LogP contribution is -1.96. The molecule has 0 nitrogen and oxygen atoms in total. The van der Waals surface area contributed by atoms with Gasteiger partial charge in [-0.2, -0.15) is 0 Å². The van der Waals surface area contributed by atoms with Gasteiger partial charge >= 0.3 is 0 Å². The number of benzene rings is 8. The van der Waals surface area contributed by atoms with Crippen molar-refractivity contribution in [2.45, 2.75) is 0 Å². The highest BCUT2D eigenvalue weighted by molar-refractivity contribution is 6.31. The zero-order valence-corrected chi connectivity index (χ0v) is 23.0. The Hall–Kier alpha value is -5.46. The molecule has 1 aliphatic carbocycles. The fourth-order valence-electron chi connectivity index (χ4n) is 7.31. The standard InChI is InChI=1S/C42H26/c1-4-14-28(15-5-1)37-32-23-11-10-20-31(32)26-35-38(29-16-6-2-7-17-29)40-33-24-12-21-27-22-13-25-34(36(27)33)41(40)39(42(35)37)30-18-8-3-9-19-30/h1-26H. The fourth-order valence-corrected chi connectivity index (χ4v) is 7.31. The van der Waals surface area contributed by atoms with Crippen LogP contribution in [0.3, 0.4) is 0 Å². The number of fused-ring (bicyclic) bond motifs is 5. The summed E-state index contributed by atoms with van der Waals surface area (Å²) in [4.78, 5) is 0. The summed E-state index contributed by atoms with van der Waals surface area (Å²) in [5.74, 6) is 0. The molecule has 8 aromatic rings. The Kier molecular flexibility index (Phi) is 5.00. The normalized spacial score (nSPS) is 11.8. The molecule has 0 unspecified atom stereocenters. The van der Waals surface area contributed by atoms with E-state index in [4.69, 9.17) is 0 Å². The molecule has 0 amide bonds. The first-order valence-electron chi connectivity index (χ1n) is 14.6. The first-order chi connectivity index (χ1) is 20.9. The van der Waals surface area contributed by atoms with Gasteiger partial charge in [-0.05, 0) is 94.0 Å². The molecule has 1 aliphatic rings. The molecule has 0 spiro atoms. The van der Waals surface area contributed by atoms with Gasteiger partial charge in [0.25, 0.3) is 0 Å². The van der Waals surface area contributed by atoms with Crippen LogP contribution in [0.4, 0.5) is 0 Å². The minimum absolute atomic E-state index is 1.24. The van der Waals surface area contributed by atoms with Gasteiger partial charge in [0, 0.05) is 0 Å². The van der Waals surface area contributed by atoms with E-state index >= 15 is 0 Å². The smallest absolute Gasteiger partial charge is 0.000719 e. The maximum absolute atomic E-state index is 2.44. The largest absolute Gasteiger partial charge is 0.0622 e. The second-order valence-electron chi connectivity index (χ2n) is 11.2. The molecule has 0 radical (unpaired) electrons. The van der Waals surface area contributed by atoms with E-state index in [0.29, 0.717) is 0 Å². The molecule has 42 heavy (non-hydrogen) atoms. The van der Waals surface area contributed by atoms with Crippen molar-refractivity contribution in [2.24, 2.45) is 0 Å². The first kappa shape index (κ1) is 23.3.